The zero-order valence-corrected chi connectivity index (χ0v) is 10.9. The first kappa shape index (κ1) is 10.3. The van der Waals surface area contributed by atoms with Crippen LogP contribution in [0.15, 0.2) is 15.9 Å². The summed E-state index contributed by atoms with van der Waals surface area (Å²) in [7, 11) is 0. The Hall–Kier alpha value is 0.1000. The number of thiophene rings is 1. The Morgan fingerprint density at radius 1 is 1.47 bits per heavy atom. The molecule has 3 rings (SSSR count). The van der Waals surface area contributed by atoms with Gasteiger partial charge in [-0.05, 0) is 46.8 Å². The van der Waals surface area contributed by atoms with Crippen LogP contribution in [0, 0.1) is 5.41 Å². The lowest BCUT2D eigenvalue weighted by Crippen LogP contribution is -2.55. The van der Waals surface area contributed by atoms with Crippen molar-refractivity contribution < 1.29 is 4.74 Å². The lowest BCUT2D eigenvalue weighted by atomic mass is 9.69. The van der Waals surface area contributed by atoms with Gasteiger partial charge in [0, 0.05) is 14.7 Å². The zero-order chi connectivity index (χ0) is 10.5. The normalized spacial score (nSPS) is 26.0. The van der Waals surface area contributed by atoms with Gasteiger partial charge >= 0.3 is 0 Å². The smallest absolute Gasteiger partial charge is 0.0599 e. The third-order valence-electron chi connectivity index (χ3n) is 4.00. The quantitative estimate of drug-likeness (QED) is 0.927. The first-order valence-electron chi connectivity index (χ1n) is 5.25. The van der Waals surface area contributed by atoms with E-state index < -0.39 is 0 Å². The van der Waals surface area contributed by atoms with Crippen molar-refractivity contribution >= 4 is 27.3 Å². The Bertz CT molecular complexity index is 382. The summed E-state index contributed by atoms with van der Waals surface area (Å²) in [5, 5.41) is 2.15. The van der Waals surface area contributed by atoms with Crippen molar-refractivity contribution in [3.8, 4) is 0 Å². The molecule has 0 aromatic carbocycles. The molecule has 1 aliphatic heterocycles. The molecule has 0 atom stereocenters. The maximum absolute atomic E-state index is 5.95. The van der Waals surface area contributed by atoms with Gasteiger partial charge in [0.15, 0.2) is 0 Å². The van der Waals surface area contributed by atoms with Gasteiger partial charge in [-0.3, -0.25) is 0 Å². The Balaban J connectivity index is 1.99. The van der Waals surface area contributed by atoms with Crippen LogP contribution in [0.3, 0.4) is 0 Å². The van der Waals surface area contributed by atoms with Gasteiger partial charge in [-0.1, -0.05) is 0 Å². The van der Waals surface area contributed by atoms with Crippen molar-refractivity contribution in [2.24, 2.45) is 11.1 Å². The second-order valence-corrected chi connectivity index (χ2v) is 6.52. The van der Waals surface area contributed by atoms with Crippen LogP contribution in [0.25, 0.3) is 0 Å². The van der Waals surface area contributed by atoms with Gasteiger partial charge < -0.3 is 10.5 Å². The van der Waals surface area contributed by atoms with Crippen LogP contribution in [0.1, 0.15) is 17.7 Å². The van der Waals surface area contributed by atoms with Crippen LogP contribution in [0.2, 0.25) is 0 Å². The van der Waals surface area contributed by atoms with Gasteiger partial charge in [-0.25, -0.2) is 0 Å². The van der Waals surface area contributed by atoms with Gasteiger partial charge in [-0.15, -0.1) is 11.3 Å². The summed E-state index contributed by atoms with van der Waals surface area (Å²) in [5.41, 5.74) is 6.52. The highest BCUT2D eigenvalue weighted by atomic mass is 79.9. The van der Waals surface area contributed by atoms with E-state index in [2.05, 4.69) is 27.4 Å². The molecule has 2 aliphatic rings. The number of hydrogen-bond acceptors (Lipinski definition) is 3. The fourth-order valence-corrected chi connectivity index (χ4v) is 4.33. The molecule has 1 aromatic rings. The van der Waals surface area contributed by atoms with Crippen LogP contribution in [0.5, 0.6) is 0 Å². The summed E-state index contributed by atoms with van der Waals surface area (Å²) < 4.78 is 6.65. The van der Waals surface area contributed by atoms with Crippen LogP contribution >= 0.6 is 27.3 Å². The maximum Gasteiger partial charge on any atom is 0.0599 e. The summed E-state index contributed by atoms with van der Waals surface area (Å²) in [4.78, 5) is 1.45. The summed E-state index contributed by atoms with van der Waals surface area (Å²) >= 11 is 5.36. The standard InChI is InChI=1S/C11H14BrNOS/c12-8-3-9(15-4-8)11(6-14-7-11)10(5-13)1-2-10/h3-4H,1-2,5-7,13H2. The molecule has 1 aromatic heterocycles. The van der Waals surface area contributed by atoms with E-state index in [1.807, 2.05) is 11.3 Å². The van der Waals surface area contributed by atoms with Crippen molar-refractivity contribution in [1.29, 1.82) is 0 Å². The largest absolute Gasteiger partial charge is 0.379 e. The Labute approximate surface area is 102 Å². The zero-order valence-electron chi connectivity index (χ0n) is 8.46. The third kappa shape index (κ3) is 1.28. The molecule has 2 nitrogen and oxygen atoms in total. The monoisotopic (exact) mass is 287 g/mol. The van der Waals surface area contributed by atoms with E-state index >= 15 is 0 Å². The number of nitrogens with two attached hydrogens (primary N) is 1. The minimum atomic E-state index is 0.235. The first-order valence-corrected chi connectivity index (χ1v) is 6.92. The van der Waals surface area contributed by atoms with Crippen molar-refractivity contribution in [3.63, 3.8) is 0 Å². The Kier molecular flexibility index (Phi) is 2.26. The number of hydrogen-bond donors (Lipinski definition) is 1. The highest BCUT2D eigenvalue weighted by Gasteiger charge is 2.63. The summed E-state index contributed by atoms with van der Waals surface area (Å²) in [5.74, 6) is 0. The van der Waals surface area contributed by atoms with Crippen molar-refractivity contribution in [1.82, 2.24) is 0 Å². The highest BCUT2D eigenvalue weighted by Crippen LogP contribution is 2.62. The molecule has 0 radical (unpaired) electrons. The molecule has 4 heteroatoms. The lowest BCUT2D eigenvalue weighted by Gasteiger charge is -2.47. The van der Waals surface area contributed by atoms with Crippen molar-refractivity contribution in [2.75, 3.05) is 19.8 Å². The number of ether oxygens (including phenoxy) is 1. The van der Waals surface area contributed by atoms with E-state index in [-0.39, 0.29) is 5.41 Å². The number of halogens is 1. The average Bonchev–Trinajstić information content (AvgIpc) is 2.83. The molecule has 82 valence electrons. The third-order valence-corrected chi connectivity index (χ3v) is 5.89. The van der Waals surface area contributed by atoms with E-state index in [0.29, 0.717) is 5.41 Å². The average molecular weight is 288 g/mol. The molecule has 1 saturated carbocycles. The van der Waals surface area contributed by atoms with Gasteiger partial charge in [0.25, 0.3) is 0 Å². The van der Waals surface area contributed by atoms with Crippen molar-refractivity contribution in [3.05, 3.63) is 20.8 Å². The summed E-state index contributed by atoms with van der Waals surface area (Å²) in [6.45, 7) is 2.51. The van der Waals surface area contributed by atoms with Gasteiger partial charge in [0.2, 0.25) is 0 Å². The van der Waals surface area contributed by atoms with E-state index in [1.165, 1.54) is 22.2 Å². The lowest BCUT2D eigenvalue weighted by molar-refractivity contribution is -0.0953. The van der Waals surface area contributed by atoms with Crippen molar-refractivity contribution in [2.45, 2.75) is 18.3 Å². The van der Waals surface area contributed by atoms with Crippen LogP contribution in [-0.2, 0) is 10.2 Å². The Morgan fingerprint density at radius 2 is 2.20 bits per heavy atom. The molecule has 0 spiro atoms. The minimum Gasteiger partial charge on any atom is -0.379 e. The predicted molar refractivity (Wildman–Crippen MR) is 65.2 cm³/mol. The summed E-state index contributed by atoms with van der Waals surface area (Å²) in [6, 6.07) is 2.24. The van der Waals surface area contributed by atoms with E-state index in [4.69, 9.17) is 10.5 Å². The molecule has 2 fully saturated rings. The Morgan fingerprint density at radius 3 is 2.53 bits per heavy atom. The molecular formula is C11H14BrNOS. The van der Waals surface area contributed by atoms with Gasteiger partial charge in [0.05, 0.1) is 18.6 Å². The maximum atomic E-state index is 5.95. The van der Waals surface area contributed by atoms with Crippen LogP contribution in [-0.4, -0.2) is 19.8 Å². The van der Waals surface area contributed by atoms with E-state index in [1.54, 1.807) is 0 Å². The molecule has 0 amide bonds. The predicted octanol–water partition coefficient (Wildman–Crippen LogP) is 2.52. The molecule has 1 aliphatic carbocycles. The SMILES string of the molecule is NCC1(C2(c3cc(Br)cs3)COC2)CC1. The van der Waals surface area contributed by atoms with Gasteiger partial charge in [-0.2, -0.15) is 0 Å². The summed E-state index contributed by atoms with van der Waals surface area (Å²) in [6.07, 6.45) is 2.53. The van der Waals surface area contributed by atoms with Crippen LogP contribution in [0.4, 0.5) is 0 Å². The highest BCUT2D eigenvalue weighted by molar-refractivity contribution is 9.10. The van der Waals surface area contributed by atoms with E-state index in [9.17, 15) is 0 Å². The molecule has 15 heavy (non-hydrogen) atoms. The molecule has 1 saturated heterocycles. The molecular weight excluding hydrogens is 274 g/mol. The second kappa shape index (κ2) is 3.29. The van der Waals surface area contributed by atoms with Crippen LogP contribution < -0.4 is 5.73 Å². The topological polar surface area (TPSA) is 35.2 Å². The fraction of sp³-hybridized carbons (Fsp3) is 0.636. The first-order chi connectivity index (χ1) is 7.22. The molecule has 2 heterocycles. The molecule has 2 N–H and O–H groups in total. The van der Waals surface area contributed by atoms with E-state index in [0.717, 1.165) is 19.8 Å². The van der Waals surface area contributed by atoms with Gasteiger partial charge in [0.1, 0.15) is 0 Å². The second-order valence-electron chi connectivity index (χ2n) is 4.69. The molecule has 0 unspecified atom stereocenters. The number of rotatable bonds is 3. The molecule has 0 bridgehead atoms. The minimum absolute atomic E-state index is 0.235. The fourth-order valence-electron chi connectivity index (χ4n) is 2.61.